The van der Waals surface area contributed by atoms with Crippen LogP contribution in [0.15, 0.2) is 24.3 Å². The van der Waals surface area contributed by atoms with Crippen molar-refractivity contribution in [3.05, 3.63) is 29.8 Å². The third kappa shape index (κ3) is 4.05. The summed E-state index contributed by atoms with van der Waals surface area (Å²) in [6, 6.07) is 7.63. The number of carboxylic acids is 1. The van der Waals surface area contributed by atoms with Crippen LogP contribution in [0.5, 0.6) is 0 Å². The van der Waals surface area contributed by atoms with Crippen molar-refractivity contribution < 1.29 is 9.90 Å². The maximum atomic E-state index is 10.4. The Kier molecular flexibility index (Phi) is 4.41. The van der Waals surface area contributed by atoms with Crippen molar-refractivity contribution >= 4 is 11.7 Å². The summed E-state index contributed by atoms with van der Waals surface area (Å²) in [7, 11) is 0. The molecule has 0 aliphatic heterocycles. The second-order valence-corrected chi connectivity index (χ2v) is 3.70. The molecule has 0 radical (unpaired) electrons. The number of aliphatic carboxylic acids is 1. The van der Waals surface area contributed by atoms with Gasteiger partial charge in [-0.3, -0.25) is 4.79 Å². The van der Waals surface area contributed by atoms with Crippen LogP contribution in [0.2, 0.25) is 0 Å². The van der Waals surface area contributed by atoms with Crippen LogP contribution in [-0.2, 0) is 4.79 Å². The van der Waals surface area contributed by atoms with Gasteiger partial charge in [0.05, 0.1) is 0 Å². The molecule has 0 spiro atoms. The van der Waals surface area contributed by atoms with Gasteiger partial charge in [0, 0.05) is 23.7 Å². The minimum absolute atomic E-state index is 0.115. The highest BCUT2D eigenvalue weighted by Gasteiger charge is 2.05. The number of benzene rings is 1. The first-order chi connectivity index (χ1) is 7.61. The minimum atomic E-state index is -0.772. The van der Waals surface area contributed by atoms with Crippen molar-refractivity contribution in [3.63, 3.8) is 0 Å². The van der Waals surface area contributed by atoms with Crippen LogP contribution in [0.4, 0.5) is 5.69 Å². The smallest absolute Gasteiger partial charge is 0.303 e. The van der Waals surface area contributed by atoms with E-state index in [1.54, 1.807) is 0 Å². The molecule has 1 unspecified atom stereocenters. The average Bonchev–Trinajstić information content (AvgIpc) is 2.26. The maximum Gasteiger partial charge on any atom is 0.303 e. The van der Waals surface area contributed by atoms with Crippen LogP contribution in [0, 0.1) is 12.3 Å². The Morgan fingerprint density at radius 3 is 3.00 bits per heavy atom. The summed E-state index contributed by atoms with van der Waals surface area (Å²) in [5.74, 6) is 1.78. The van der Waals surface area contributed by atoms with Crippen LogP contribution in [-0.4, -0.2) is 17.1 Å². The number of terminal acetylenes is 1. The molecule has 1 rings (SSSR count). The van der Waals surface area contributed by atoms with Crippen molar-refractivity contribution in [2.75, 3.05) is 5.32 Å². The zero-order valence-corrected chi connectivity index (χ0v) is 9.23. The Hall–Kier alpha value is -1.95. The van der Waals surface area contributed by atoms with Gasteiger partial charge in [-0.05, 0) is 31.5 Å². The molecule has 3 heteroatoms. The first kappa shape index (κ1) is 12.1. The predicted octanol–water partition coefficient (Wildman–Crippen LogP) is 2.33. The minimum Gasteiger partial charge on any atom is -0.481 e. The molecule has 0 aromatic heterocycles. The average molecular weight is 217 g/mol. The van der Waals surface area contributed by atoms with Gasteiger partial charge in [0.25, 0.3) is 0 Å². The molecule has 0 saturated heterocycles. The zero-order valence-electron chi connectivity index (χ0n) is 9.23. The zero-order chi connectivity index (χ0) is 12.0. The highest BCUT2D eigenvalue weighted by atomic mass is 16.4. The van der Waals surface area contributed by atoms with Crippen LogP contribution < -0.4 is 5.32 Å². The van der Waals surface area contributed by atoms with E-state index in [0.717, 1.165) is 11.3 Å². The Morgan fingerprint density at radius 1 is 1.62 bits per heavy atom. The second kappa shape index (κ2) is 5.82. The lowest BCUT2D eigenvalue weighted by atomic mass is 10.1. The molecule has 0 aliphatic carbocycles. The molecule has 0 fully saturated rings. The largest absolute Gasteiger partial charge is 0.481 e. The van der Waals surface area contributed by atoms with E-state index in [1.165, 1.54) is 0 Å². The molecule has 1 aromatic rings. The number of anilines is 1. The number of hydrogen-bond donors (Lipinski definition) is 2. The quantitative estimate of drug-likeness (QED) is 0.744. The van der Waals surface area contributed by atoms with E-state index < -0.39 is 5.97 Å². The molecular formula is C13H15NO2. The topological polar surface area (TPSA) is 49.3 Å². The lowest BCUT2D eigenvalue weighted by Crippen LogP contribution is -2.16. The van der Waals surface area contributed by atoms with E-state index in [0.29, 0.717) is 6.42 Å². The second-order valence-electron chi connectivity index (χ2n) is 3.70. The molecule has 0 bridgehead atoms. The maximum absolute atomic E-state index is 10.4. The normalized spacial score (nSPS) is 11.5. The Morgan fingerprint density at radius 2 is 2.38 bits per heavy atom. The molecule has 1 aromatic carbocycles. The Labute approximate surface area is 95.5 Å². The molecule has 0 amide bonds. The fourth-order valence-electron chi connectivity index (χ4n) is 1.40. The van der Waals surface area contributed by atoms with E-state index in [4.69, 9.17) is 11.5 Å². The Balaban J connectivity index is 2.52. The lowest BCUT2D eigenvalue weighted by Gasteiger charge is -2.14. The van der Waals surface area contributed by atoms with Crippen molar-refractivity contribution in [3.8, 4) is 12.3 Å². The first-order valence-corrected chi connectivity index (χ1v) is 5.17. The summed E-state index contributed by atoms with van der Waals surface area (Å²) in [5, 5.41) is 11.8. The summed E-state index contributed by atoms with van der Waals surface area (Å²) in [6.07, 6.45) is 6.05. The molecule has 84 valence electrons. The van der Waals surface area contributed by atoms with Gasteiger partial charge in [-0.25, -0.2) is 0 Å². The molecule has 0 aliphatic rings. The fraction of sp³-hybridized carbons (Fsp3) is 0.308. The van der Waals surface area contributed by atoms with Gasteiger partial charge in [0.2, 0.25) is 0 Å². The van der Waals surface area contributed by atoms with Crippen LogP contribution in [0.25, 0.3) is 0 Å². The van der Waals surface area contributed by atoms with Gasteiger partial charge < -0.3 is 10.4 Å². The summed E-state index contributed by atoms with van der Waals surface area (Å²) < 4.78 is 0. The van der Waals surface area contributed by atoms with E-state index in [2.05, 4.69) is 11.2 Å². The highest BCUT2D eigenvalue weighted by molar-refractivity contribution is 5.66. The van der Waals surface area contributed by atoms with Crippen LogP contribution >= 0.6 is 0 Å². The van der Waals surface area contributed by atoms with Crippen molar-refractivity contribution in [2.45, 2.75) is 25.8 Å². The molecule has 2 N–H and O–H groups in total. The van der Waals surface area contributed by atoms with Crippen molar-refractivity contribution in [2.24, 2.45) is 0 Å². The molecular weight excluding hydrogens is 202 g/mol. The Bertz CT molecular complexity index is 407. The summed E-state index contributed by atoms with van der Waals surface area (Å²) in [5.41, 5.74) is 1.74. The van der Waals surface area contributed by atoms with E-state index in [1.807, 2.05) is 31.2 Å². The first-order valence-electron chi connectivity index (χ1n) is 5.17. The lowest BCUT2D eigenvalue weighted by molar-refractivity contribution is -0.137. The molecule has 0 heterocycles. The summed E-state index contributed by atoms with van der Waals surface area (Å²) >= 11 is 0. The highest BCUT2D eigenvalue weighted by Crippen LogP contribution is 2.12. The van der Waals surface area contributed by atoms with Gasteiger partial charge in [-0.2, -0.15) is 0 Å². The van der Waals surface area contributed by atoms with Crippen molar-refractivity contribution in [1.82, 2.24) is 0 Å². The number of hydrogen-bond acceptors (Lipinski definition) is 2. The molecule has 1 atom stereocenters. The number of carbonyl (C=O) groups is 1. The number of nitrogens with one attached hydrogen (secondary N) is 1. The van der Waals surface area contributed by atoms with Gasteiger partial charge in [-0.1, -0.05) is 12.0 Å². The SMILES string of the molecule is C#Cc1cccc(NC(C)CCC(=O)O)c1. The fourth-order valence-corrected chi connectivity index (χ4v) is 1.40. The third-order valence-electron chi connectivity index (χ3n) is 2.23. The van der Waals surface area contributed by atoms with Crippen LogP contribution in [0.3, 0.4) is 0 Å². The van der Waals surface area contributed by atoms with Crippen molar-refractivity contribution in [1.29, 1.82) is 0 Å². The molecule has 3 nitrogen and oxygen atoms in total. The third-order valence-corrected chi connectivity index (χ3v) is 2.23. The van der Waals surface area contributed by atoms with E-state index in [-0.39, 0.29) is 12.5 Å². The van der Waals surface area contributed by atoms with E-state index >= 15 is 0 Å². The van der Waals surface area contributed by atoms with Gasteiger partial charge in [0.15, 0.2) is 0 Å². The van der Waals surface area contributed by atoms with Crippen LogP contribution in [0.1, 0.15) is 25.3 Å². The summed E-state index contributed by atoms with van der Waals surface area (Å²) in [6.45, 7) is 1.95. The molecule has 16 heavy (non-hydrogen) atoms. The molecule has 0 saturated carbocycles. The standard InChI is InChI=1S/C13H15NO2/c1-3-11-5-4-6-12(9-11)14-10(2)7-8-13(15)16/h1,4-6,9-10,14H,7-8H2,2H3,(H,15,16). The predicted molar refractivity (Wildman–Crippen MR) is 64.3 cm³/mol. The van der Waals surface area contributed by atoms with Gasteiger partial charge in [0.1, 0.15) is 0 Å². The number of rotatable bonds is 5. The number of carboxylic acid groups (broad SMARTS) is 1. The monoisotopic (exact) mass is 217 g/mol. The summed E-state index contributed by atoms with van der Waals surface area (Å²) in [4.78, 5) is 10.4. The van der Waals surface area contributed by atoms with Gasteiger partial charge in [-0.15, -0.1) is 6.42 Å². The van der Waals surface area contributed by atoms with Gasteiger partial charge >= 0.3 is 5.97 Å². The van der Waals surface area contributed by atoms with E-state index in [9.17, 15) is 4.79 Å².